The number of carbonyl (C=O) groups is 1. The second kappa shape index (κ2) is 7.34. The molecular formula is C11H12BrF3N2O3. The molecule has 1 rings (SSSR count). The van der Waals surface area contributed by atoms with E-state index in [1.54, 1.807) is 0 Å². The first-order chi connectivity index (χ1) is 9.31. The first kappa shape index (κ1) is 16.6. The van der Waals surface area contributed by atoms with Crippen LogP contribution < -0.4 is 20.7 Å². The standard InChI is InChI=1S/C11H12BrF3N2O3/c12-8-6-7(19-5-1-2-10(18)17-16)3-4-9(8)20-11(13,14)15/h3-4,6H,1-2,5,16H2,(H,17,18). The number of nitrogens with one attached hydrogen (secondary N) is 1. The molecule has 0 heterocycles. The first-order valence-corrected chi connectivity index (χ1v) is 6.28. The Kier molecular flexibility index (Phi) is 6.08. The molecule has 0 radical (unpaired) electrons. The number of hydrogen-bond acceptors (Lipinski definition) is 4. The molecular weight excluding hydrogens is 345 g/mol. The van der Waals surface area contributed by atoms with Crippen molar-refractivity contribution >= 4 is 21.8 Å². The van der Waals surface area contributed by atoms with Gasteiger partial charge in [-0.05, 0) is 40.5 Å². The minimum Gasteiger partial charge on any atom is -0.494 e. The zero-order valence-electron chi connectivity index (χ0n) is 10.2. The molecule has 0 unspecified atom stereocenters. The van der Waals surface area contributed by atoms with E-state index in [-0.39, 0.29) is 29.2 Å². The third kappa shape index (κ3) is 6.11. The van der Waals surface area contributed by atoms with Gasteiger partial charge in [-0.25, -0.2) is 5.84 Å². The summed E-state index contributed by atoms with van der Waals surface area (Å²) in [4.78, 5) is 10.8. The van der Waals surface area contributed by atoms with E-state index in [9.17, 15) is 18.0 Å². The lowest BCUT2D eigenvalue weighted by Gasteiger charge is -2.12. The fourth-order valence-corrected chi connectivity index (χ4v) is 1.71. The highest BCUT2D eigenvalue weighted by Gasteiger charge is 2.31. The molecule has 0 aliphatic rings. The maximum absolute atomic E-state index is 12.1. The molecule has 20 heavy (non-hydrogen) atoms. The summed E-state index contributed by atoms with van der Waals surface area (Å²) in [6.07, 6.45) is -4.12. The molecule has 1 amide bonds. The molecule has 112 valence electrons. The molecule has 1 aromatic carbocycles. The van der Waals surface area contributed by atoms with Gasteiger partial charge >= 0.3 is 6.36 Å². The highest BCUT2D eigenvalue weighted by atomic mass is 79.9. The number of carbonyl (C=O) groups excluding carboxylic acids is 1. The number of alkyl halides is 3. The van der Waals surface area contributed by atoms with Crippen molar-refractivity contribution in [2.45, 2.75) is 19.2 Å². The highest BCUT2D eigenvalue weighted by Crippen LogP contribution is 2.33. The molecule has 1 aromatic rings. The lowest BCUT2D eigenvalue weighted by atomic mass is 10.3. The molecule has 0 atom stereocenters. The molecule has 9 heteroatoms. The van der Waals surface area contributed by atoms with Crippen molar-refractivity contribution in [2.75, 3.05) is 6.61 Å². The third-order valence-corrected chi connectivity index (χ3v) is 2.73. The molecule has 0 aliphatic heterocycles. The number of hydrogen-bond donors (Lipinski definition) is 2. The van der Waals surface area contributed by atoms with E-state index in [4.69, 9.17) is 10.6 Å². The maximum Gasteiger partial charge on any atom is 0.573 e. The van der Waals surface area contributed by atoms with Crippen molar-refractivity contribution in [1.82, 2.24) is 5.43 Å². The number of nitrogens with two attached hydrogens (primary N) is 1. The topological polar surface area (TPSA) is 73.6 Å². The van der Waals surface area contributed by atoms with Gasteiger partial charge in [0.15, 0.2) is 0 Å². The van der Waals surface area contributed by atoms with Gasteiger partial charge in [0.1, 0.15) is 11.5 Å². The van der Waals surface area contributed by atoms with Gasteiger partial charge < -0.3 is 9.47 Å². The van der Waals surface area contributed by atoms with E-state index >= 15 is 0 Å². The minimum atomic E-state index is -4.75. The van der Waals surface area contributed by atoms with Crippen LogP contribution in [0.25, 0.3) is 0 Å². The van der Waals surface area contributed by atoms with Crippen LogP contribution in [0, 0.1) is 0 Å². The lowest BCUT2D eigenvalue weighted by molar-refractivity contribution is -0.274. The van der Waals surface area contributed by atoms with Crippen LogP contribution in [0.15, 0.2) is 22.7 Å². The molecule has 0 saturated carbocycles. The van der Waals surface area contributed by atoms with Crippen LogP contribution in [0.1, 0.15) is 12.8 Å². The SMILES string of the molecule is NNC(=O)CCCOc1ccc(OC(F)(F)F)c(Br)c1. The molecule has 0 fully saturated rings. The fraction of sp³-hybridized carbons (Fsp3) is 0.364. The Labute approximate surface area is 121 Å². The molecule has 0 aromatic heterocycles. The number of halogens is 4. The molecule has 0 bridgehead atoms. The van der Waals surface area contributed by atoms with Gasteiger partial charge in [-0.1, -0.05) is 0 Å². The summed E-state index contributed by atoms with van der Waals surface area (Å²) in [6, 6.07) is 3.83. The quantitative estimate of drug-likeness (QED) is 0.355. The number of ether oxygens (including phenoxy) is 2. The van der Waals surface area contributed by atoms with E-state index in [2.05, 4.69) is 20.7 Å². The normalized spacial score (nSPS) is 11.1. The van der Waals surface area contributed by atoms with Crippen molar-refractivity contribution in [1.29, 1.82) is 0 Å². The zero-order valence-corrected chi connectivity index (χ0v) is 11.8. The van der Waals surface area contributed by atoms with Gasteiger partial charge in [-0.3, -0.25) is 10.2 Å². The highest BCUT2D eigenvalue weighted by molar-refractivity contribution is 9.10. The van der Waals surface area contributed by atoms with Gasteiger partial charge in [0.25, 0.3) is 0 Å². The zero-order chi connectivity index (χ0) is 15.2. The van der Waals surface area contributed by atoms with E-state index in [0.717, 1.165) is 6.07 Å². The molecule has 5 nitrogen and oxygen atoms in total. The monoisotopic (exact) mass is 356 g/mol. The Bertz CT molecular complexity index is 469. The van der Waals surface area contributed by atoms with Crippen LogP contribution >= 0.6 is 15.9 Å². The Morgan fingerprint density at radius 2 is 2.10 bits per heavy atom. The average molecular weight is 357 g/mol. The molecule has 3 N–H and O–H groups in total. The Balaban J connectivity index is 2.49. The van der Waals surface area contributed by atoms with E-state index in [1.165, 1.54) is 12.1 Å². The summed E-state index contributed by atoms with van der Waals surface area (Å²) in [5.74, 6) is 4.59. The largest absolute Gasteiger partial charge is 0.573 e. The van der Waals surface area contributed by atoms with Crippen molar-refractivity contribution in [2.24, 2.45) is 5.84 Å². The number of hydrazine groups is 1. The van der Waals surface area contributed by atoms with Gasteiger partial charge in [-0.15, -0.1) is 13.2 Å². The molecule has 0 aliphatic carbocycles. The predicted molar refractivity (Wildman–Crippen MR) is 67.9 cm³/mol. The van der Waals surface area contributed by atoms with Gasteiger partial charge in [0.2, 0.25) is 5.91 Å². The molecule has 0 saturated heterocycles. The van der Waals surface area contributed by atoms with Gasteiger partial charge in [-0.2, -0.15) is 0 Å². The number of rotatable bonds is 6. The van der Waals surface area contributed by atoms with E-state index < -0.39 is 6.36 Å². The smallest absolute Gasteiger partial charge is 0.494 e. The number of benzene rings is 1. The van der Waals surface area contributed by atoms with Crippen LogP contribution in [-0.2, 0) is 4.79 Å². The van der Waals surface area contributed by atoms with Gasteiger partial charge in [0.05, 0.1) is 11.1 Å². The lowest BCUT2D eigenvalue weighted by Crippen LogP contribution is -2.29. The van der Waals surface area contributed by atoms with Crippen LogP contribution in [0.2, 0.25) is 0 Å². The van der Waals surface area contributed by atoms with Crippen LogP contribution in [0.5, 0.6) is 11.5 Å². The van der Waals surface area contributed by atoms with Crippen molar-refractivity contribution in [3.8, 4) is 11.5 Å². The first-order valence-electron chi connectivity index (χ1n) is 5.49. The van der Waals surface area contributed by atoms with Crippen molar-refractivity contribution in [3.63, 3.8) is 0 Å². The Morgan fingerprint density at radius 3 is 2.65 bits per heavy atom. The number of amides is 1. The van der Waals surface area contributed by atoms with Crippen molar-refractivity contribution < 1.29 is 27.4 Å². The van der Waals surface area contributed by atoms with Crippen molar-refractivity contribution in [3.05, 3.63) is 22.7 Å². The van der Waals surface area contributed by atoms with E-state index in [1.807, 2.05) is 5.43 Å². The summed E-state index contributed by atoms with van der Waals surface area (Å²) >= 11 is 2.96. The summed E-state index contributed by atoms with van der Waals surface area (Å²) in [5, 5.41) is 0. The van der Waals surface area contributed by atoms with Crippen LogP contribution in [0.3, 0.4) is 0 Å². The second-order valence-electron chi connectivity index (χ2n) is 3.66. The maximum atomic E-state index is 12.1. The van der Waals surface area contributed by atoms with Gasteiger partial charge in [0, 0.05) is 6.42 Å². The Hall–Kier alpha value is -1.48. The summed E-state index contributed by atoms with van der Waals surface area (Å²) in [7, 11) is 0. The summed E-state index contributed by atoms with van der Waals surface area (Å²) in [6.45, 7) is 0.235. The predicted octanol–water partition coefficient (Wildman–Crippen LogP) is 2.50. The summed E-state index contributed by atoms with van der Waals surface area (Å²) in [5.41, 5.74) is 1.98. The Morgan fingerprint density at radius 1 is 1.40 bits per heavy atom. The second-order valence-corrected chi connectivity index (χ2v) is 4.51. The van der Waals surface area contributed by atoms with E-state index in [0.29, 0.717) is 12.2 Å². The van der Waals surface area contributed by atoms with Crippen LogP contribution in [0.4, 0.5) is 13.2 Å². The summed E-state index contributed by atoms with van der Waals surface area (Å²) < 4.78 is 45.4. The molecule has 0 spiro atoms. The minimum absolute atomic E-state index is 0.118. The van der Waals surface area contributed by atoms with Crippen LogP contribution in [-0.4, -0.2) is 18.9 Å². The third-order valence-electron chi connectivity index (χ3n) is 2.11. The fourth-order valence-electron chi connectivity index (χ4n) is 1.27. The average Bonchev–Trinajstić information content (AvgIpc) is 2.36.